The van der Waals surface area contributed by atoms with Crippen LogP contribution in [0.2, 0.25) is 0 Å². The van der Waals surface area contributed by atoms with Gasteiger partial charge >= 0.3 is 0 Å². The zero-order chi connectivity index (χ0) is 20.5. The number of nitrogens with zero attached hydrogens (tertiary/aromatic N) is 4. The molecule has 1 atom stereocenters. The van der Waals surface area contributed by atoms with Gasteiger partial charge in [0.1, 0.15) is 5.82 Å². The second kappa shape index (κ2) is 11.4. The second-order valence-corrected chi connectivity index (χ2v) is 7.87. The lowest BCUT2D eigenvalue weighted by Gasteiger charge is -2.36. The van der Waals surface area contributed by atoms with Gasteiger partial charge in [-0.15, -0.1) is 0 Å². The van der Waals surface area contributed by atoms with Crippen molar-refractivity contribution < 1.29 is 9.13 Å². The molecule has 2 aliphatic heterocycles. The molecule has 7 heteroatoms. The van der Waals surface area contributed by atoms with E-state index in [2.05, 4.69) is 25.0 Å². The SMILES string of the molecule is CCOCC1CCN(C(=NC)NCCCN2CCN(c3ccccc3F)CC2)C1. The highest BCUT2D eigenvalue weighted by atomic mass is 19.1. The lowest BCUT2D eigenvalue weighted by Crippen LogP contribution is -2.47. The molecule has 2 saturated heterocycles. The molecule has 0 saturated carbocycles. The number of para-hydroxylation sites is 1. The first-order valence-corrected chi connectivity index (χ1v) is 11.0. The smallest absolute Gasteiger partial charge is 0.193 e. The van der Waals surface area contributed by atoms with Gasteiger partial charge in [0, 0.05) is 65.4 Å². The number of likely N-dealkylation sites (tertiary alicyclic amines) is 1. The normalized spacial score (nSPS) is 21.1. The van der Waals surface area contributed by atoms with Gasteiger partial charge in [-0.25, -0.2) is 4.39 Å². The summed E-state index contributed by atoms with van der Waals surface area (Å²) < 4.78 is 19.5. The van der Waals surface area contributed by atoms with E-state index in [-0.39, 0.29) is 5.82 Å². The van der Waals surface area contributed by atoms with Crippen molar-refractivity contribution in [1.29, 1.82) is 0 Å². The lowest BCUT2D eigenvalue weighted by molar-refractivity contribution is 0.114. The van der Waals surface area contributed by atoms with Crippen molar-refractivity contribution in [3.63, 3.8) is 0 Å². The van der Waals surface area contributed by atoms with Gasteiger partial charge < -0.3 is 19.9 Å². The van der Waals surface area contributed by atoms with Gasteiger partial charge in [0.15, 0.2) is 5.96 Å². The predicted octanol–water partition coefficient (Wildman–Crippen LogP) is 2.27. The first kappa shape index (κ1) is 21.8. The summed E-state index contributed by atoms with van der Waals surface area (Å²) in [5.41, 5.74) is 0.728. The number of hydrogen-bond donors (Lipinski definition) is 1. The molecule has 1 aromatic rings. The highest BCUT2D eigenvalue weighted by molar-refractivity contribution is 5.80. The molecule has 1 N–H and O–H groups in total. The van der Waals surface area contributed by atoms with E-state index in [1.165, 1.54) is 6.42 Å². The Morgan fingerprint density at radius 2 is 2.00 bits per heavy atom. The van der Waals surface area contributed by atoms with E-state index in [1.54, 1.807) is 12.1 Å². The van der Waals surface area contributed by atoms with Crippen molar-refractivity contribution in [3.05, 3.63) is 30.1 Å². The van der Waals surface area contributed by atoms with E-state index >= 15 is 0 Å². The molecule has 0 aliphatic carbocycles. The Balaban J connectivity index is 1.32. The lowest BCUT2D eigenvalue weighted by atomic mass is 10.1. The molecular formula is C22H36FN5O. The van der Waals surface area contributed by atoms with Crippen molar-refractivity contribution in [3.8, 4) is 0 Å². The maximum absolute atomic E-state index is 14.0. The summed E-state index contributed by atoms with van der Waals surface area (Å²) in [6.07, 6.45) is 2.25. The van der Waals surface area contributed by atoms with Crippen LogP contribution in [0.15, 0.2) is 29.3 Å². The van der Waals surface area contributed by atoms with Crippen LogP contribution in [0.3, 0.4) is 0 Å². The summed E-state index contributed by atoms with van der Waals surface area (Å²) >= 11 is 0. The van der Waals surface area contributed by atoms with E-state index in [4.69, 9.17) is 4.74 Å². The quantitative estimate of drug-likeness (QED) is 0.408. The highest BCUT2D eigenvalue weighted by Gasteiger charge is 2.25. The molecule has 0 radical (unpaired) electrons. The monoisotopic (exact) mass is 405 g/mol. The molecule has 162 valence electrons. The van der Waals surface area contributed by atoms with Crippen LogP contribution in [0, 0.1) is 11.7 Å². The number of benzene rings is 1. The van der Waals surface area contributed by atoms with E-state index < -0.39 is 0 Å². The van der Waals surface area contributed by atoms with Crippen LogP contribution in [-0.4, -0.2) is 88.4 Å². The number of hydrogen-bond acceptors (Lipinski definition) is 4. The Bertz CT molecular complexity index is 648. The number of aliphatic imine (C=N–C) groups is 1. The molecule has 0 amide bonds. The standard InChI is InChI=1S/C22H36FN5O/c1-3-29-18-19-9-12-28(17-19)22(24-2)25-10-6-11-26-13-15-27(16-14-26)21-8-5-4-7-20(21)23/h4-5,7-8,19H,3,6,9-18H2,1-2H3,(H,24,25). The molecular weight excluding hydrogens is 369 g/mol. The Kier molecular flexibility index (Phi) is 8.55. The maximum atomic E-state index is 14.0. The molecule has 29 heavy (non-hydrogen) atoms. The summed E-state index contributed by atoms with van der Waals surface area (Å²) in [6, 6.07) is 7.07. The van der Waals surface area contributed by atoms with Crippen molar-refractivity contribution in [1.82, 2.24) is 15.1 Å². The van der Waals surface area contributed by atoms with E-state index in [0.717, 1.165) is 83.6 Å². The molecule has 1 aromatic carbocycles. The van der Waals surface area contributed by atoms with Crippen LogP contribution in [0.25, 0.3) is 0 Å². The average Bonchev–Trinajstić information content (AvgIpc) is 3.22. The first-order valence-electron chi connectivity index (χ1n) is 11.0. The van der Waals surface area contributed by atoms with Crippen molar-refractivity contribution in [2.45, 2.75) is 19.8 Å². The molecule has 2 aliphatic rings. The molecule has 2 fully saturated rings. The Hall–Kier alpha value is -1.86. The maximum Gasteiger partial charge on any atom is 0.193 e. The number of rotatable bonds is 8. The summed E-state index contributed by atoms with van der Waals surface area (Å²) in [4.78, 5) is 11.4. The largest absolute Gasteiger partial charge is 0.381 e. The van der Waals surface area contributed by atoms with Crippen LogP contribution < -0.4 is 10.2 Å². The van der Waals surface area contributed by atoms with Gasteiger partial charge in [0.25, 0.3) is 0 Å². The summed E-state index contributed by atoms with van der Waals surface area (Å²) in [7, 11) is 1.86. The van der Waals surface area contributed by atoms with Gasteiger partial charge in [-0.1, -0.05) is 12.1 Å². The zero-order valence-electron chi connectivity index (χ0n) is 17.9. The Morgan fingerprint density at radius 3 is 2.72 bits per heavy atom. The molecule has 0 aromatic heterocycles. The third kappa shape index (κ3) is 6.31. The summed E-state index contributed by atoms with van der Waals surface area (Å²) in [5.74, 6) is 1.49. The topological polar surface area (TPSA) is 43.3 Å². The minimum absolute atomic E-state index is 0.123. The van der Waals surface area contributed by atoms with Gasteiger partial charge in [-0.3, -0.25) is 9.89 Å². The first-order chi connectivity index (χ1) is 14.2. The fraction of sp³-hybridized carbons (Fsp3) is 0.682. The molecule has 2 heterocycles. The molecule has 3 rings (SSSR count). The Labute approximate surface area is 174 Å². The summed E-state index contributed by atoms with van der Waals surface area (Å²) in [6.45, 7) is 11.5. The zero-order valence-corrected chi connectivity index (χ0v) is 17.9. The Morgan fingerprint density at radius 1 is 1.21 bits per heavy atom. The van der Waals surface area contributed by atoms with Crippen LogP contribution in [0.4, 0.5) is 10.1 Å². The number of guanidine groups is 1. The van der Waals surface area contributed by atoms with Crippen LogP contribution in [-0.2, 0) is 4.74 Å². The van der Waals surface area contributed by atoms with Crippen LogP contribution in [0.1, 0.15) is 19.8 Å². The molecule has 6 nitrogen and oxygen atoms in total. The summed E-state index contributed by atoms with van der Waals surface area (Å²) in [5, 5.41) is 3.52. The fourth-order valence-electron chi connectivity index (χ4n) is 4.20. The third-order valence-corrected chi connectivity index (χ3v) is 5.85. The minimum Gasteiger partial charge on any atom is -0.381 e. The minimum atomic E-state index is -0.123. The van der Waals surface area contributed by atoms with Crippen LogP contribution >= 0.6 is 0 Å². The van der Waals surface area contributed by atoms with Crippen molar-refractivity contribution in [2.75, 3.05) is 77.5 Å². The van der Waals surface area contributed by atoms with Gasteiger partial charge in [-0.2, -0.15) is 0 Å². The fourth-order valence-corrected chi connectivity index (χ4v) is 4.20. The molecule has 1 unspecified atom stereocenters. The predicted molar refractivity (Wildman–Crippen MR) is 117 cm³/mol. The van der Waals surface area contributed by atoms with E-state index in [1.807, 2.05) is 26.1 Å². The third-order valence-electron chi connectivity index (χ3n) is 5.85. The highest BCUT2D eigenvalue weighted by Crippen LogP contribution is 2.20. The number of ether oxygens (including phenoxy) is 1. The second-order valence-electron chi connectivity index (χ2n) is 7.87. The van der Waals surface area contributed by atoms with Crippen LogP contribution in [0.5, 0.6) is 0 Å². The number of halogens is 1. The van der Waals surface area contributed by atoms with Gasteiger partial charge in [0.05, 0.1) is 12.3 Å². The van der Waals surface area contributed by atoms with Crippen molar-refractivity contribution >= 4 is 11.6 Å². The number of nitrogens with one attached hydrogen (secondary N) is 1. The number of piperazine rings is 1. The molecule has 0 bridgehead atoms. The van der Waals surface area contributed by atoms with Gasteiger partial charge in [0.2, 0.25) is 0 Å². The van der Waals surface area contributed by atoms with E-state index in [0.29, 0.717) is 5.92 Å². The van der Waals surface area contributed by atoms with E-state index in [9.17, 15) is 4.39 Å². The van der Waals surface area contributed by atoms with Crippen molar-refractivity contribution in [2.24, 2.45) is 10.9 Å². The average molecular weight is 406 g/mol. The van der Waals surface area contributed by atoms with Gasteiger partial charge in [-0.05, 0) is 38.4 Å². The number of anilines is 1. The molecule has 0 spiro atoms.